The van der Waals surface area contributed by atoms with E-state index in [1.165, 1.54) is 5.56 Å². The van der Waals surface area contributed by atoms with Gasteiger partial charge in [0.15, 0.2) is 6.61 Å². The molecule has 2 aromatic carbocycles. The number of fused-ring (bicyclic) bond motifs is 1. The van der Waals surface area contributed by atoms with Gasteiger partial charge in [-0.15, -0.1) is 0 Å². The Labute approximate surface area is 136 Å². The number of aryl methyl sites for hydroxylation is 1. The van der Waals surface area contributed by atoms with Crippen LogP contribution in [-0.2, 0) is 16.1 Å². The second-order valence-corrected chi connectivity index (χ2v) is 5.81. The fraction of sp³-hybridized carbons (Fsp3) is 0.263. The van der Waals surface area contributed by atoms with Crippen LogP contribution in [0.5, 0.6) is 0 Å². The van der Waals surface area contributed by atoms with E-state index in [9.17, 15) is 4.79 Å². The van der Waals surface area contributed by atoms with Gasteiger partial charge in [-0.1, -0.05) is 47.6 Å². The lowest BCUT2D eigenvalue weighted by Gasteiger charge is -2.21. The van der Waals surface area contributed by atoms with Crippen molar-refractivity contribution >= 4 is 17.8 Å². The highest BCUT2D eigenvalue weighted by atomic mass is 16.6. The maximum atomic E-state index is 12.4. The fourth-order valence-corrected chi connectivity index (χ4v) is 2.93. The zero-order chi connectivity index (χ0) is 16.2. The molecule has 0 radical (unpaired) electrons. The van der Waals surface area contributed by atoms with Crippen LogP contribution < -0.4 is 4.90 Å². The first kappa shape index (κ1) is 15.3. The highest BCUT2D eigenvalue weighted by molar-refractivity contribution is 5.97. The van der Waals surface area contributed by atoms with Crippen molar-refractivity contribution in [2.75, 3.05) is 11.5 Å². The summed E-state index contributed by atoms with van der Waals surface area (Å²) in [7, 11) is 0. The van der Waals surface area contributed by atoms with E-state index in [1.54, 1.807) is 11.1 Å². The first-order valence-electron chi connectivity index (χ1n) is 7.78. The molecule has 1 aliphatic rings. The number of para-hydroxylation sites is 1. The topological polar surface area (TPSA) is 41.9 Å². The highest BCUT2D eigenvalue weighted by Crippen LogP contribution is 2.31. The second-order valence-electron chi connectivity index (χ2n) is 5.81. The Bertz CT molecular complexity index is 740. The van der Waals surface area contributed by atoms with Gasteiger partial charge < -0.3 is 9.74 Å². The third kappa shape index (κ3) is 3.26. The number of hydrogen-bond acceptors (Lipinski definition) is 3. The van der Waals surface area contributed by atoms with Gasteiger partial charge >= 0.3 is 0 Å². The Balaban J connectivity index is 1.61. The van der Waals surface area contributed by atoms with Crippen molar-refractivity contribution < 1.29 is 9.63 Å². The van der Waals surface area contributed by atoms with Crippen molar-refractivity contribution in [2.24, 2.45) is 5.16 Å². The number of rotatable bonds is 4. The minimum Gasteiger partial charge on any atom is -0.386 e. The molecular formula is C19H20N2O2. The van der Waals surface area contributed by atoms with Gasteiger partial charge in [-0.2, -0.15) is 0 Å². The standard InChI is InChI=1S/C19H20N2O2/c1-14-7-3-4-9-17(14)12-20-23-13-19(22)21-15(2)11-16-8-5-6-10-18(16)21/h3-10,12,15H,11,13H2,1-2H3/b20-12-/t15-/m0/s1. The van der Waals surface area contributed by atoms with Crippen LogP contribution in [0.3, 0.4) is 0 Å². The average Bonchev–Trinajstić information content (AvgIpc) is 2.88. The molecule has 0 N–H and O–H groups in total. The Morgan fingerprint density at radius 1 is 1.26 bits per heavy atom. The van der Waals surface area contributed by atoms with Crippen LogP contribution in [0.2, 0.25) is 0 Å². The highest BCUT2D eigenvalue weighted by Gasteiger charge is 2.30. The Morgan fingerprint density at radius 3 is 2.83 bits per heavy atom. The number of hydrogen-bond donors (Lipinski definition) is 0. The van der Waals surface area contributed by atoms with Crippen molar-refractivity contribution in [1.29, 1.82) is 0 Å². The zero-order valence-corrected chi connectivity index (χ0v) is 13.4. The summed E-state index contributed by atoms with van der Waals surface area (Å²) in [5.41, 5.74) is 4.29. The molecule has 4 heteroatoms. The van der Waals surface area contributed by atoms with Crippen molar-refractivity contribution in [3.63, 3.8) is 0 Å². The van der Waals surface area contributed by atoms with Gasteiger partial charge in [0.2, 0.25) is 0 Å². The molecule has 0 fully saturated rings. The van der Waals surface area contributed by atoms with Gasteiger partial charge in [-0.05, 0) is 43.0 Å². The number of oxime groups is 1. The summed E-state index contributed by atoms with van der Waals surface area (Å²) >= 11 is 0. The monoisotopic (exact) mass is 308 g/mol. The van der Waals surface area contributed by atoms with Gasteiger partial charge in [0, 0.05) is 11.7 Å². The number of anilines is 1. The van der Waals surface area contributed by atoms with E-state index >= 15 is 0 Å². The first-order valence-corrected chi connectivity index (χ1v) is 7.78. The quantitative estimate of drug-likeness (QED) is 0.642. The van der Waals surface area contributed by atoms with E-state index in [4.69, 9.17) is 4.84 Å². The van der Waals surface area contributed by atoms with E-state index in [0.29, 0.717) is 0 Å². The van der Waals surface area contributed by atoms with E-state index < -0.39 is 0 Å². The average molecular weight is 308 g/mol. The van der Waals surface area contributed by atoms with Crippen LogP contribution in [0.15, 0.2) is 53.7 Å². The third-order valence-electron chi connectivity index (χ3n) is 4.12. The molecule has 0 aliphatic carbocycles. The summed E-state index contributed by atoms with van der Waals surface area (Å²) in [4.78, 5) is 19.4. The van der Waals surface area contributed by atoms with Gasteiger partial charge in [-0.3, -0.25) is 4.79 Å². The molecule has 1 atom stereocenters. The normalized spacial score (nSPS) is 16.6. The minimum absolute atomic E-state index is 0.0545. The molecule has 0 saturated heterocycles. The van der Waals surface area contributed by atoms with Gasteiger partial charge in [0.25, 0.3) is 5.91 Å². The lowest BCUT2D eigenvalue weighted by Crippen LogP contribution is -2.37. The van der Waals surface area contributed by atoms with Gasteiger partial charge in [-0.25, -0.2) is 0 Å². The Kier molecular flexibility index (Phi) is 4.42. The summed E-state index contributed by atoms with van der Waals surface area (Å²) in [6.45, 7) is 4.00. The van der Waals surface area contributed by atoms with Crippen molar-refractivity contribution in [3.05, 3.63) is 65.2 Å². The number of amides is 1. The van der Waals surface area contributed by atoms with Gasteiger partial charge in [0.05, 0.1) is 6.21 Å². The van der Waals surface area contributed by atoms with Crippen molar-refractivity contribution in [3.8, 4) is 0 Å². The SMILES string of the molecule is Cc1ccccc1/C=N\OCC(=O)N1c2ccccc2C[C@@H]1C. The van der Waals surface area contributed by atoms with E-state index in [0.717, 1.165) is 23.2 Å². The molecule has 0 spiro atoms. The summed E-state index contributed by atoms with van der Waals surface area (Å²) in [6, 6.07) is 16.0. The largest absolute Gasteiger partial charge is 0.386 e. The van der Waals surface area contributed by atoms with Crippen LogP contribution >= 0.6 is 0 Å². The van der Waals surface area contributed by atoms with E-state index in [-0.39, 0.29) is 18.6 Å². The maximum Gasteiger partial charge on any atom is 0.268 e. The molecule has 1 amide bonds. The smallest absolute Gasteiger partial charge is 0.268 e. The number of carbonyl (C=O) groups excluding carboxylic acids is 1. The summed E-state index contributed by atoms with van der Waals surface area (Å²) in [6.07, 6.45) is 2.53. The number of nitrogens with zero attached hydrogens (tertiary/aromatic N) is 2. The molecule has 118 valence electrons. The summed E-state index contributed by atoms with van der Waals surface area (Å²) < 4.78 is 0. The molecule has 0 unspecified atom stereocenters. The van der Waals surface area contributed by atoms with Crippen LogP contribution in [0, 0.1) is 6.92 Å². The van der Waals surface area contributed by atoms with Crippen LogP contribution in [0.4, 0.5) is 5.69 Å². The van der Waals surface area contributed by atoms with Crippen LogP contribution in [0.25, 0.3) is 0 Å². The van der Waals surface area contributed by atoms with Gasteiger partial charge in [0.1, 0.15) is 0 Å². The molecule has 4 nitrogen and oxygen atoms in total. The molecule has 23 heavy (non-hydrogen) atoms. The molecule has 2 aromatic rings. The molecule has 3 rings (SSSR count). The van der Waals surface area contributed by atoms with Crippen LogP contribution in [0.1, 0.15) is 23.6 Å². The Morgan fingerprint density at radius 2 is 2.00 bits per heavy atom. The molecule has 1 aliphatic heterocycles. The van der Waals surface area contributed by atoms with Crippen LogP contribution in [-0.4, -0.2) is 24.8 Å². The molecule has 0 aromatic heterocycles. The molecule has 0 saturated carbocycles. The zero-order valence-electron chi connectivity index (χ0n) is 13.4. The lowest BCUT2D eigenvalue weighted by molar-refractivity contribution is -0.123. The van der Waals surface area contributed by atoms with Crippen molar-refractivity contribution in [2.45, 2.75) is 26.3 Å². The minimum atomic E-state index is -0.0654. The predicted molar refractivity (Wildman–Crippen MR) is 91.8 cm³/mol. The second kappa shape index (κ2) is 6.65. The first-order chi connectivity index (χ1) is 11.2. The predicted octanol–water partition coefficient (Wildman–Crippen LogP) is 3.32. The Hall–Kier alpha value is -2.62. The molecule has 0 bridgehead atoms. The summed E-state index contributed by atoms with van der Waals surface area (Å²) in [5.74, 6) is -0.0654. The number of benzene rings is 2. The maximum absolute atomic E-state index is 12.4. The number of carbonyl (C=O) groups is 1. The lowest BCUT2D eigenvalue weighted by atomic mass is 10.1. The molecular weight excluding hydrogens is 288 g/mol. The summed E-state index contributed by atoms with van der Waals surface area (Å²) in [5, 5.41) is 3.92. The van der Waals surface area contributed by atoms with E-state index in [2.05, 4.69) is 18.1 Å². The molecule has 1 heterocycles. The fourth-order valence-electron chi connectivity index (χ4n) is 2.93. The van der Waals surface area contributed by atoms with E-state index in [1.807, 2.05) is 49.4 Å². The van der Waals surface area contributed by atoms with Crippen molar-refractivity contribution in [1.82, 2.24) is 0 Å². The third-order valence-corrected chi connectivity index (χ3v) is 4.12.